The Hall–Kier alpha value is -0.610. The first-order chi connectivity index (χ1) is 9.13. The van der Waals surface area contributed by atoms with E-state index in [2.05, 4.69) is 5.32 Å². The van der Waals surface area contributed by atoms with Crippen LogP contribution in [0.3, 0.4) is 0 Å². The van der Waals surface area contributed by atoms with Crippen LogP contribution >= 0.6 is 0 Å². The van der Waals surface area contributed by atoms with E-state index in [-0.39, 0.29) is 11.8 Å². The van der Waals surface area contributed by atoms with Gasteiger partial charge in [-0.3, -0.25) is 4.79 Å². The highest BCUT2D eigenvalue weighted by Crippen LogP contribution is 2.31. The standard InChI is InChI=1S/C15H28N2O2/c16-11-15(19)8-6-13(7-9-15)14(18)17-10-12-4-2-1-3-5-12/h12-13,19H,1-11,16H2,(H,17,18). The lowest BCUT2D eigenvalue weighted by Crippen LogP contribution is -2.44. The van der Waals surface area contributed by atoms with E-state index in [9.17, 15) is 9.90 Å². The largest absolute Gasteiger partial charge is 0.389 e. The maximum absolute atomic E-state index is 12.1. The molecule has 2 aliphatic carbocycles. The zero-order chi connectivity index (χ0) is 13.7. The molecule has 2 saturated carbocycles. The van der Waals surface area contributed by atoms with Gasteiger partial charge in [0.1, 0.15) is 0 Å². The molecular formula is C15H28N2O2. The van der Waals surface area contributed by atoms with E-state index in [1.165, 1.54) is 32.1 Å². The molecule has 4 nitrogen and oxygen atoms in total. The molecule has 2 fully saturated rings. The number of aliphatic hydroxyl groups is 1. The molecule has 19 heavy (non-hydrogen) atoms. The first-order valence-electron chi connectivity index (χ1n) is 7.83. The van der Waals surface area contributed by atoms with Gasteiger partial charge in [0, 0.05) is 19.0 Å². The highest BCUT2D eigenvalue weighted by atomic mass is 16.3. The van der Waals surface area contributed by atoms with Crippen LogP contribution in [0, 0.1) is 11.8 Å². The second-order valence-corrected chi connectivity index (χ2v) is 6.45. The van der Waals surface area contributed by atoms with E-state index in [0.29, 0.717) is 25.3 Å². The van der Waals surface area contributed by atoms with E-state index in [4.69, 9.17) is 5.73 Å². The van der Waals surface area contributed by atoms with Crippen LogP contribution in [0.15, 0.2) is 0 Å². The molecule has 110 valence electrons. The molecule has 0 aliphatic heterocycles. The second-order valence-electron chi connectivity index (χ2n) is 6.45. The summed E-state index contributed by atoms with van der Waals surface area (Å²) in [5.41, 5.74) is 4.84. The maximum atomic E-state index is 12.1. The molecule has 0 saturated heterocycles. The van der Waals surface area contributed by atoms with Crippen LogP contribution in [0.1, 0.15) is 57.8 Å². The Morgan fingerprint density at radius 1 is 1.16 bits per heavy atom. The van der Waals surface area contributed by atoms with Crippen LogP contribution in [-0.2, 0) is 4.79 Å². The van der Waals surface area contributed by atoms with Gasteiger partial charge in [-0.2, -0.15) is 0 Å². The third-order valence-corrected chi connectivity index (χ3v) is 4.96. The van der Waals surface area contributed by atoms with Crippen molar-refractivity contribution < 1.29 is 9.90 Å². The van der Waals surface area contributed by atoms with Crippen LogP contribution in [-0.4, -0.2) is 29.7 Å². The minimum atomic E-state index is -0.722. The van der Waals surface area contributed by atoms with Gasteiger partial charge >= 0.3 is 0 Å². The number of nitrogens with one attached hydrogen (secondary N) is 1. The van der Waals surface area contributed by atoms with Gasteiger partial charge in [0.05, 0.1) is 5.60 Å². The maximum Gasteiger partial charge on any atom is 0.223 e. The van der Waals surface area contributed by atoms with Gasteiger partial charge in [0.25, 0.3) is 0 Å². The van der Waals surface area contributed by atoms with Gasteiger partial charge in [-0.25, -0.2) is 0 Å². The van der Waals surface area contributed by atoms with Crippen molar-refractivity contribution in [1.29, 1.82) is 0 Å². The lowest BCUT2D eigenvalue weighted by atomic mass is 9.78. The Morgan fingerprint density at radius 3 is 2.37 bits per heavy atom. The molecule has 2 aliphatic rings. The van der Waals surface area contributed by atoms with Crippen molar-refractivity contribution in [1.82, 2.24) is 5.32 Å². The first kappa shape index (κ1) is 14.8. The minimum Gasteiger partial charge on any atom is -0.389 e. The van der Waals surface area contributed by atoms with Crippen molar-refractivity contribution in [2.75, 3.05) is 13.1 Å². The van der Waals surface area contributed by atoms with Gasteiger partial charge in [-0.15, -0.1) is 0 Å². The highest BCUT2D eigenvalue weighted by molar-refractivity contribution is 5.78. The summed E-state index contributed by atoms with van der Waals surface area (Å²) in [4.78, 5) is 12.1. The molecule has 2 rings (SSSR count). The van der Waals surface area contributed by atoms with Crippen molar-refractivity contribution in [2.24, 2.45) is 17.6 Å². The summed E-state index contributed by atoms with van der Waals surface area (Å²) in [5.74, 6) is 0.947. The molecule has 0 bridgehead atoms. The fourth-order valence-corrected chi connectivity index (χ4v) is 3.40. The smallest absolute Gasteiger partial charge is 0.223 e. The lowest BCUT2D eigenvalue weighted by molar-refractivity contribution is -0.128. The number of hydrogen-bond donors (Lipinski definition) is 3. The van der Waals surface area contributed by atoms with E-state index in [0.717, 1.165) is 19.4 Å². The van der Waals surface area contributed by atoms with Crippen LogP contribution in [0.25, 0.3) is 0 Å². The number of hydrogen-bond acceptors (Lipinski definition) is 3. The second kappa shape index (κ2) is 6.71. The monoisotopic (exact) mass is 268 g/mol. The van der Waals surface area contributed by atoms with Crippen LogP contribution < -0.4 is 11.1 Å². The summed E-state index contributed by atoms with van der Waals surface area (Å²) in [5, 5.41) is 13.2. The zero-order valence-corrected chi connectivity index (χ0v) is 11.9. The summed E-state index contributed by atoms with van der Waals surface area (Å²) in [7, 11) is 0. The quantitative estimate of drug-likeness (QED) is 0.724. The molecule has 0 spiro atoms. The molecule has 0 atom stereocenters. The zero-order valence-electron chi connectivity index (χ0n) is 11.9. The van der Waals surface area contributed by atoms with E-state index in [1.54, 1.807) is 0 Å². The molecule has 4 heteroatoms. The van der Waals surface area contributed by atoms with Crippen molar-refractivity contribution in [2.45, 2.75) is 63.4 Å². The van der Waals surface area contributed by atoms with E-state index >= 15 is 0 Å². The molecule has 1 amide bonds. The van der Waals surface area contributed by atoms with Gasteiger partial charge in [-0.05, 0) is 44.4 Å². The summed E-state index contributed by atoms with van der Waals surface area (Å²) >= 11 is 0. The summed E-state index contributed by atoms with van der Waals surface area (Å²) < 4.78 is 0. The topological polar surface area (TPSA) is 75.3 Å². The number of amides is 1. The Labute approximate surface area is 116 Å². The van der Waals surface area contributed by atoms with E-state index < -0.39 is 5.60 Å². The lowest BCUT2D eigenvalue weighted by Gasteiger charge is -2.34. The van der Waals surface area contributed by atoms with E-state index in [1.807, 2.05) is 0 Å². The Balaban J connectivity index is 1.69. The third kappa shape index (κ3) is 4.18. The van der Waals surface area contributed by atoms with Crippen LogP contribution in [0.5, 0.6) is 0 Å². The minimum absolute atomic E-state index is 0.0791. The Kier molecular flexibility index (Phi) is 5.22. The average Bonchev–Trinajstić information content (AvgIpc) is 2.47. The molecular weight excluding hydrogens is 240 g/mol. The molecule has 0 aromatic rings. The highest BCUT2D eigenvalue weighted by Gasteiger charge is 2.34. The molecule has 0 unspecified atom stereocenters. The number of carbonyl (C=O) groups is 1. The summed E-state index contributed by atoms with van der Waals surface area (Å²) in [6.45, 7) is 1.15. The van der Waals surface area contributed by atoms with Crippen LogP contribution in [0.2, 0.25) is 0 Å². The SMILES string of the molecule is NCC1(O)CCC(C(=O)NCC2CCCCC2)CC1. The van der Waals surface area contributed by atoms with Crippen LogP contribution in [0.4, 0.5) is 0 Å². The van der Waals surface area contributed by atoms with Gasteiger partial charge < -0.3 is 16.2 Å². The third-order valence-electron chi connectivity index (χ3n) is 4.96. The molecule has 4 N–H and O–H groups in total. The fraction of sp³-hybridized carbons (Fsp3) is 0.933. The van der Waals surface area contributed by atoms with Crippen molar-refractivity contribution >= 4 is 5.91 Å². The average molecular weight is 268 g/mol. The fourth-order valence-electron chi connectivity index (χ4n) is 3.40. The van der Waals surface area contributed by atoms with Crippen molar-refractivity contribution in [3.05, 3.63) is 0 Å². The molecule has 0 aromatic heterocycles. The molecule has 0 heterocycles. The number of carbonyl (C=O) groups excluding carboxylic acids is 1. The molecule has 0 radical (unpaired) electrons. The first-order valence-corrected chi connectivity index (χ1v) is 7.83. The number of nitrogens with two attached hydrogens (primary N) is 1. The predicted octanol–water partition coefficient (Wildman–Crippen LogP) is 1.56. The van der Waals surface area contributed by atoms with Gasteiger partial charge in [-0.1, -0.05) is 19.3 Å². The predicted molar refractivity (Wildman–Crippen MR) is 75.5 cm³/mol. The normalized spacial score (nSPS) is 33.1. The Morgan fingerprint density at radius 2 is 1.79 bits per heavy atom. The Bertz CT molecular complexity index is 293. The van der Waals surface area contributed by atoms with Gasteiger partial charge in [0.15, 0.2) is 0 Å². The van der Waals surface area contributed by atoms with Gasteiger partial charge in [0.2, 0.25) is 5.91 Å². The molecule has 0 aromatic carbocycles. The van der Waals surface area contributed by atoms with Crippen molar-refractivity contribution in [3.63, 3.8) is 0 Å². The summed E-state index contributed by atoms with van der Waals surface area (Å²) in [6.07, 6.45) is 9.35. The number of rotatable bonds is 4. The summed E-state index contributed by atoms with van der Waals surface area (Å²) in [6, 6.07) is 0. The van der Waals surface area contributed by atoms with Crippen molar-refractivity contribution in [3.8, 4) is 0 Å².